The highest BCUT2D eigenvalue weighted by Gasteiger charge is 2.20. The van der Waals surface area contributed by atoms with Gasteiger partial charge in [0.15, 0.2) is 0 Å². The van der Waals surface area contributed by atoms with Crippen LogP contribution < -0.4 is 5.90 Å². The van der Waals surface area contributed by atoms with Gasteiger partial charge in [0.1, 0.15) is 5.75 Å². The van der Waals surface area contributed by atoms with Gasteiger partial charge in [-0.3, -0.25) is 4.84 Å². The van der Waals surface area contributed by atoms with Crippen LogP contribution in [0.3, 0.4) is 0 Å². The number of nitrogens with two attached hydrogens (primary N) is 1. The van der Waals surface area contributed by atoms with Crippen molar-refractivity contribution in [1.82, 2.24) is 0 Å². The van der Waals surface area contributed by atoms with Gasteiger partial charge in [0, 0.05) is 15.6 Å². The van der Waals surface area contributed by atoms with Gasteiger partial charge in [0.05, 0.1) is 6.61 Å². The third-order valence-corrected chi connectivity index (χ3v) is 2.66. The second kappa shape index (κ2) is 4.51. The van der Waals surface area contributed by atoms with Gasteiger partial charge in [-0.15, -0.1) is 0 Å². The van der Waals surface area contributed by atoms with Gasteiger partial charge >= 0.3 is 0 Å². The molecule has 0 bridgehead atoms. The molecular weight excluding hydrogens is 258 g/mol. The van der Waals surface area contributed by atoms with Gasteiger partial charge in [-0.25, -0.2) is 5.90 Å². The first-order valence-corrected chi connectivity index (χ1v) is 5.49. The standard InChI is InChI=1S/C11H16BrNO2/c1-11(2,3)9-5-8(12)4-7(6-15-13)10(9)14/h4-5,14H,6,13H2,1-3H3. The van der Waals surface area contributed by atoms with E-state index in [1.165, 1.54) is 0 Å². The summed E-state index contributed by atoms with van der Waals surface area (Å²) in [5.74, 6) is 5.27. The SMILES string of the molecule is CC(C)(C)c1cc(Br)cc(CON)c1O. The first kappa shape index (κ1) is 12.5. The molecule has 0 unspecified atom stereocenters. The molecule has 0 saturated heterocycles. The summed E-state index contributed by atoms with van der Waals surface area (Å²) in [6.07, 6.45) is 0. The number of aromatic hydroxyl groups is 1. The Bertz CT molecular complexity index is 358. The van der Waals surface area contributed by atoms with E-state index in [1.54, 1.807) is 6.07 Å². The van der Waals surface area contributed by atoms with Crippen LogP contribution in [0.1, 0.15) is 31.9 Å². The van der Waals surface area contributed by atoms with Crippen molar-refractivity contribution in [2.45, 2.75) is 32.8 Å². The Kier molecular flexibility index (Phi) is 3.76. The molecule has 84 valence electrons. The number of hydrogen-bond acceptors (Lipinski definition) is 3. The van der Waals surface area contributed by atoms with Gasteiger partial charge in [-0.05, 0) is 17.5 Å². The van der Waals surface area contributed by atoms with E-state index in [2.05, 4.69) is 20.8 Å². The highest BCUT2D eigenvalue weighted by atomic mass is 79.9. The molecule has 1 rings (SSSR count). The van der Waals surface area contributed by atoms with Crippen molar-refractivity contribution in [2.24, 2.45) is 5.90 Å². The zero-order valence-electron chi connectivity index (χ0n) is 9.17. The molecule has 4 heteroatoms. The lowest BCUT2D eigenvalue weighted by molar-refractivity contribution is 0.122. The fourth-order valence-electron chi connectivity index (χ4n) is 1.43. The average Bonchev–Trinajstić information content (AvgIpc) is 2.09. The molecule has 15 heavy (non-hydrogen) atoms. The lowest BCUT2D eigenvalue weighted by atomic mass is 9.85. The van der Waals surface area contributed by atoms with Gasteiger partial charge in [-0.2, -0.15) is 0 Å². The predicted molar refractivity (Wildman–Crippen MR) is 63.5 cm³/mol. The van der Waals surface area contributed by atoms with E-state index in [0.717, 1.165) is 10.0 Å². The van der Waals surface area contributed by atoms with Crippen LogP contribution in [0, 0.1) is 0 Å². The Morgan fingerprint density at radius 1 is 1.40 bits per heavy atom. The summed E-state index contributed by atoms with van der Waals surface area (Å²) < 4.78 is 0.914. The fraction of sp³-hybridized carbons (Fsp3) is 0.455. The first-order valence-electron chi connectivity index (χ1n) is 4.70. The molecule has 1 aromatic rings. The number of phenols is 1. The van der Waals surface area contributed by atoms with Crippen molar-refractivity contribution in [1.29, 1.82) is 0 Å². The Hall–Kier alpha value is -0.580. The van der Waals surface area contributed by atoms with Crippen molar-refractivity contribution in [3.05, 3.63) is 27.7 Å². The number of rotatable bonds is 2. The van der Waals surface area contributed by atoms with Gasteiger partial charge in [0.2, 0.25) is 0 Å². The third-order valence-electron chi connectivity index (χ3n) is 2.20. The van der Waals surface area contributed by atoms with Crippen LogP contribution in [0.5, 0.6) is 5.75 Å². The van der Waals surface area contributed by atoms with Crippen molar-refractivity contribution < 1.29 is 9.94 Å². The second-order valence-corrected chi connectivity index (χ2v) is 5.44. The van der Waals surface area contributed by atoms with E-state index in [9.17, 15) is 5.11 Å². The van der Waals surface area contributed by atoms with Crippen molar-refractivity contribution in [2.75, 3.05) is 0 Å². The minimum atomic E-state index is -0.114. The van der Waals surface area contributed by atoms with Crippen LogP contribution in [-0.2, 0) is 16.9 Å². The van der Waals surface area contributed by atoms with E-state index in [4.69, 9.17) is 5.90 Å². The summed E-state index contributed by atoms with van der Waals surface area (Å²) in [7, 11) is 0. The second-order valence-electron chi connectivity index (χ2n) is 4.52. The Labute approximate surface area is 98.3 Å². The summed E-state index contributed by atoms with van der Waals surface area (Å²) >= 11 is 3.40. The van der Waals surface area contributed by atoms with Crippen LogP contribution in [0.25, 0.3) is 0 Å². The topological polar surface area (TPSA) is 55.5 Å². The number of hydrogen-bond donors (Lipinski definition) is 2. The van der Waals surface area contributed by atoms with Crippen LogP contribution in [0.4, 0.5) is 0 Å². The van der Waals surface area contributed by atoms with E-state index in [1.807, 2.05) is 26.8 Å². The molecule has 0 fully saturated rings. The van der Waals surface area contributed by atoms with Crippen molar-refractivity contribution in [3.63, 3.8) is 0 Å². The Morgan fingerprint density at radius 2 is 2.00 bits per heavy atom. The molecule has 3 nitrogen and oxygen atoms in total. The van der Waals surface area contributed by atoms with Crippen molar-refractivity contribution in [3.8, 4) is 5.75 Å². The molecule has 0 atom stereocenters. The van der Waals surface area contributed by atoms with Crippen LogP contribution in [0.2, 0.25) is 0 Å². The molecule has 0 heterocycles. The molecule has 0 aliphatic rings. The molecule has 3 N–H and O–H groups in total. The maximum atomic E-state index is 10.0. The Balaban J connectivity index is 3.28. The maximum Gasteiger partial charge on any atom is 0.124 e. The lowest BCUT2D eigenvalue weighted by Crippen LogP contribution is -2.12. The summed E-state index contributed by atoms with van der Waals surface area (Å²) in [5, 5.41) is 10.0. The predicted octanol–water partition coefficient (Wildman–Crippen LogP) is 2.84. The fourth-order valence-corrected chi connectivity index (χ4v) is 1.93. The minimum absolute atomic E-state index is 0.114. The third kappa shape index (κ3) is 2.93. The van der Waals surface area contributed by atoms with E-state index >= 15 is 0 Å². The molecule has 1 aromatic carbocycles. The zero-order valence-corrected chi connectivity index (χ0v) is 10.8. The summed E-state index contributed by atoms with van der Waals surface area (Å²) in [4.78, 5) is 4.55. The minimum Gasteiger partial charge on any atom is -0.507 e. The summed E-state index contributed by atoms with van der Waals surface area (Å²) in [5.41, 5.74) is 1.46. The summed E-state index contributed by atoms with van der Waals surface area (Å²) in [6.45, 7) is 6.33. The van der Waals surface area contributed by atoms with Crippen LogP contribution in [0.15, 0.2) is 16.6 Å². The molecule has 0 saturated carbocycles. The number of phenolic OH excluding ortho intramolecular Hbond substituents is 1. The molecule has 0 spiro atoms. The monoisotopic (exact) mass is 273 g/mol. The highest BCUT2D eigenvalue weighted by Crippen LogP contribution is 2.36. The largest absolute Gasteiger partial charge is 0.507 e. The smallest absolute Gasteiger partial charge is 0.124 e. The highest BCUT2D eigenvalue weighted by molar-refractivity contribution is 9.10. The summed E-state index contributed by atoms with van der Waals surface area (Å²) in [6, 6.07) is 3.72. The average molecular weight is 274 g/mol. The number of benzene rings is 1. The van der Waals surface area contributed by atoms with Crippen LogP contribution in [-0.4, -0.2) is 5.11 Å². The molecule has 0 radical (unpaired) electrons. The molecule has 0 aromatic heterocycles. The van der Waals surface area contributed by atoms with E-state index < -0.39 is 0 Å². The maximum absolute atomic E-state index is 10.0. The van der Waals surface area contributed by atoms with Gasteiger partial charge in [0.25, 0.3) is 0 Å². The number of halogens is 1. The van der Waals surface area contributed by atoms with E-state index in [-0.39, 0.29) is 17.8 Å². The van der Waals surface area contributed by atoms with Crippen molar-refractivity contribution >= 4 is 15.9 Å². The molecule has 0 amide bonds. The Morgan fingerprint density at radius 3 is 2.47 bits per heavy atom. The first-order chi connectivity index (χ1) is 6.86. The molecule has 0 aliphatic heterocycles. The molecular formula is C11H16BrNO2. The van der Waals surface area contributed by atoms with Gasteiger partial charge < -0.3 is 5.11 Å². The molecule has 0 aliphatic carbocycles. The lowest BCUT2D eigenvalue weighted by Gasteiger charge is -2.22. The quantitative estimate of drug-likeness (QED) is 0.815. The van der Waals surface area contributed by atoms with E-state index in [0.29, 0.717) is 5.56 Å². The normalized spacial score (nSPS) is 11.8. The van der Waals surface area contributed by atoms with Crippen LogP contribution >= 0.6 is 15.9 Å². The van der Waals surface area contributed by atoms with Gasteiger partial charge in [-0.1, -0.05) is 36.7 Å². The zero-order chi connectivity index (χ0) is 11.6.